The van der Waals surface area contributed by atoms with Crippen LogP contribution in [0.4, 0.5) is 17.1 Å². The summed E-state index contributed by atoms with van der Waals surface area (Å²) in [7, 11) is 0. The van der Waals surface area contributed by atoms with Crippen LogP contribution < -0.4 is 12.1 Å². The van der Waals surface area contributed by atoms with E-state index in [2.05, 4.69) is 95.9 Å². The van der Waals surface area contributed by atoms with Crippen LogP contribution in [0.3, 0.4) is 0 Å². The number of anilines is 3. The second-order valence-electron chi connectivity index (χ2n) is 9.24. The van der Waals surface area contributed by atoms with Gasteiger partial charge in [-0.25, -0.2) is 0 Å². The number of carbonyl (C=O) groups is 1. The molecule has 8 rings (SSSR count). The van der Waals surface area contributed by atoms with E-state index < -0.39 is 26.3 Å². The van der Waals surface area contributed by atoms with E-state index in [0.29, 0.717) is 0 Å². The number of ketones is 1. The molecular formula is C32H19NOTe. The summed E-state index contributed by atoms with van der Waals surface area (Å²) in [6.07, 6.45) is 0. The van der Waals surface area contributed by atoms with E-state index in [1.54, 1.807) is 0 Å². The van der Waals surface area contributed by atoms with Crippen LogP contribution in [0.15, 0.2) is 115 Å². The Labute approximate surface area is 213 Å². The zero-order valence-corrected chi connectivity index (χ0v) is 21.1. The molecule has 35 heavy (non-hydrogen) atoms. The van der Waals surface area contributed by atoms with Crippen molar-refractivity contribution in [2.75, 3.05) is 4.90 Å². The molecule has 0 saturated heterocycles. The quantitative estimate of drug-likeness (QED) is 0.233. The fourth-order valence-corrected chi connectivity index (χ4v) is 9.49. The molecular weight excluding hydrogens is 542 g/mol. The first kappa shape index (κ1) is 19.6. The molecule has 0 saturated carbocycles. The van der Waals surface area contributed by atoms with Crippen molar-refractivity contribution in [3.05, 3.63) is 149 Å². The third kappa shape index (κ3) is 2.33. The summed E-state index contributed by atoms with van der Waals surface area (Å²) in [6.45, 7) is 0. The third-order valence-electron chi connectivity index (χ3n) is 7.65. The standard InChI is InChI=1S/C32H19NOTe/c34-31-20-10-1-3-12-22(20)32(23-13-4-2-11-21(23)31)24-14-5-6-16-26(24)33-27-17-7-8-18-28(27)35-29-19-9-15-25(32)30(29)33/h1-19H. The summed E-state index contributed by atoms with van der Waals surface area (Å²) in [4.78, 5) is 16.2. The Morgan fingerprint density at radius 2 is 1.06 bits per heavy atom. The molecule has 0 amide bonds. The van der Waals surface area contributed by atoms with Crippen molar-refractivity contribution >= 4 is 51.0 Å². The Hall–Kier alpha value is -3.64. The van der Waals surface area contributed by atoms with Gasteiger partial charge in [-0.15, -0.1) is 0 Å². The molecule has 2 heterocycles. The van der Waals surface area contributed by atoms with Crippen LogP contribution in [0.25, 0.3) is 0 Å². The average molecular weight is 561 g/mol. The minimum absolute atomic E-state index is 0.116. The maximum absolute atomic E-state index is 13.7. The van der Waals surface area contributed by atoms with Crippen LogP contribution in [-0.2, 0) is 5.41 Å². The third-order valence-corrected chi connectivity index (χ3v) is 10.8. The van der Waals surface area contributed by atoms with Crippen LogP contribution >= 0.6 is 0 Å². The first-order valence-corrected chi connectivity index (χ1v) is 14.2. The molecule has 164 valence electrons. The van der Waals surface area contributed by atoms with Crippen LogP contribution in [-0.4, -0.2) is 26.7 Å². The Balaban J connectivity index is 1.60. The average Bonchev–Trinajstić information content (AvgIpc) is 2.92. The van der Waals surface area contributed by atoms with Gasteiger partial charge in [0.15, 0.2) is 0 Å². The van der Waals surface area contributed by atoms with Gasteiger partial charge in [-0.3, -0.25) is 0 Å². The molecule has 0 N–H and O–H groups in total. The van der Waals surface area contributed by atoms with Gasteiger partial charge < -0.3 is 0 Å². The zero-order chi connectivity index (χ0) is 23.1. The van der Waals surface area contributed by atoms with Gasteiger partial charge in [0.2, 0.25) is 0 Å². The molecule has 5 aromatic rings. The number of para-hydroxylation sites is 3. The number of fused-ring (bicyclic) bond motifs is 10. The first-order chi connectivity index (χ1) is 17.3. The van der Waals surface area contributed by atoms with Gasteiger partial charge in [-0.1, -0.05) is 0 Å². The molecule has 1 aliphatic carbocycles. The zero-order valence-electron chi connectivity index (χ0n) is 18.7. The second-order valence-corrected chi connectivity index (χ2v) is 12.3. The molecule has 3 aliphatic rings. The van der Waals surface area contributed by atoms with Gasteiger partial charge in [0.1, 0.15) is 0 Å². The summed E-state index contributed by atoms with van der Waals surface area (Å²) < 4.78 is 2.92. The molecule has 1 spiro atoms. The Bertz CT molecular complexity index is 1670. The van der Waals surface area contributed by atoms with E-state index in [4.69, 9.17) is 0 Å². The number of hydrogen-bond acceptors (Lipinski definition) is 2. The van der Waals surface area contributed by atoms with Crippen molar-refractivity contribution in [2.24, 2.45) is 0 Å². The number of nitrogens with zero attached hydrogens (tertiary/aromatic N) is 1. The summed E-state index contributed by atoms with van der Waals surface area (Å²) >= 11 is -0.547. The van der Waals surface area contributed by atoms with Crippen molar-refractivity contribution in [1.29, 1.82) is 0 Å². The molecule has 2 nitrogen and oxygen atoms in total. The normalized spacial score (nSPS) is 15.5. The van der Waals surface area contributed by atoms with Crippen LogP contribution in [0, 0.1) is 0 Å². The van der Waals surface area contributed by atoms with Crippen LogP contribution in [0.2, 0.25) is 0 Å². The van der Waals surface area contributed by atoms with Crippen molar-refractivity contribution in [1.82, 2.24) is 0 Å². The van der Waals surface area contributed by atoms with E-state index >= 15 is 0 Å². The van der Waals surface area contributed by atoms with Crippen molar-refractivity contribution < 1.29 is 4.79 Å². The van der Waals surface area contributed by atoms with E-state index in [9.17, 15) is 4.79 Å². The van der Waals surface area contributed by atoms with E-state index in [1.807, 2.05) is 24.3 Å². The summed E-state index contributed by atoms with van der Waals surface area (Å²) in [5.74, 6) is 0.116. The molecule has 5 aromatic carbocycles. The predicted octanol–water partition coefficient (Wildman–Crippen LogP) is 5.37. The van der Waals surface area contributed by atoms with Crippen LogP contribution in [0.1, 0.15) is 38.2 Å². The van der Waals surface area contributed by atoms with Crippen molar-refractivity contribution in [3.8, 4) is 0 Å². The predicted molar refractivity (Wildman–Crippen MR) is 141 cm³/mol. The van der Waals surface area contributed by atoms with Gasteiger partial charge in [-0.05, 0) is 0 Å². The SMILES string of the molecule is O=C1c2ccccc2C2(c3ccccc31)c1ccccc1N1c3ccccc3[Te]c3cccc2c31. The van der Waals surface area contributed by atoms with Crippen molar-refractivity contribution in [2.45, 2.75) is 5.41 Å². The number of rotatable bonds is 0. The van der Waals surface area contributed by atoms with Gasteiger partial charge in [0.05, 0.1) is 0 Å². The Morgan fingerprint density at radius 1 is 0.514 bits per heavy atom. The summed E-state index contributed by atoms with van der Waals surface area (Å²) in [6, 6.07) is 41.0. The molecule has 0 bridgehead atoms. The second kappa shape index (κ2) is 6.95. The number of hydrogen-bond donors (Lipinski definition) is 0. The number of benzene rings is 5. The minimum atomic E-state index is -0.547. The molecule has 0 fully saturated rings. The van der Waals surface area contributed by atoms with E-state index in [-0.39, 0.29) is 5.78 Å². The van der Waals surface area contributed by atoms with Gasteiger partial charge >= 0.3 is 215 Å². The first-order valence-electron chi connectivity index (χ1n) is 11.8. The topological polar surface area (TPSA) is 20.3 Å². The van der Waals surface area contributed by atoms with Gasteiger partial charge in [-0.2, -0.15) is 0 Å². The van der Waals surface area contributed by atoms with E-state index in [1.165, 1.54) is 35.4 Å². The maximum atomic E-state index is 13.7. The van der Waals surface area contributed by atoms with Gasteiger partial charge in [0, 0.05) is 0 Å². The summed E-state index contributed by atoms with van der Waals surface area (Å²) in [5.41, 5.74) is 9.56. The molecule has 0 atom stereocenters. The fourth-order valence-electron chi connectivity index (χ4n) is 6.37. The monoisotopic (exact) mass is 563 g/mol. The number of carbonyl (C=O) groups excluding carboxylic acids is 1. The Kier molecular flexibility index (Phi) is 3.90. The fraction of sp³-hybridized carbons (Fsp3) is 0.0312. The summed E-state index contributed by atoms with van der Waals surface area (Å²) in [5, 5.41) is 0. The molecule has 0 unspecified atom stereocenters. The van der Waals surface area contributed by atoms with Crippen molar-refractivity contribution in [3.63, 3.8) is 0 Å². The molecule has 0 radical (unpaired) electrons. The molecule has 2 aliphatic heterocycles. The molecule has 0 aromatic heterocycles. The Morgan fingerprint density at radius 3 is 1.80 bits per heavy atom. The van der Waals surface area contributed by atoms with Gasteiger partial charge in [0.25, 0.3) is 0 Å². The van der Waals surface area contributed by atoms with Crippen LogP contribution in [0.5, 0.6) is 0 Å². The molecule has 3 heteroatoms. The van der Waals surface area contributed by atoms with E-state index in [0.717, 1.165) is 22.3 Å².